The van der Waals surface area contributed by atoms with Gasteiger partial charge in [0.05, 0.1) is 18.5 Å². The van der Waals surface area contributed by atoms with Crippen molar-refractivity contribution in [2.45, 2.75) is 43.9 Å². The summed E-state index contributed by atoms with van der Waals surface area (Å²) in [4.78, 5) is 52.1. The highest BCUT2D eigenvalue weighted by atomic mass is 16.4. The van der Waals surface area contributed by atoms with Crippen molar-refractivity contribution in [3.05, 3.63) is 78.8 Å². The number of carboxylic acid groups (broad SMARTS) is 3. The summed E-state index contributed by atoms with van der Waals surface area (Å²) in [6.45, 7) is 3.00. The first-order chi connectivity index (χ1) is 19.5. The summed E-state index contributed by atoms with van der Waals surface area (Å²) in [6.07, 6.45) is 3.14. The van der Waals surface area contributed by atoms with E-state index in [9.17, 15) is 19.2 Å². The molecule has 0 atom stereocenters. The van der Waals surface area contributed by atoms with Gasteiger partial charge in [0.15, 0.2) is 5.60 Å². The van der Waals surface area contributed by atoms with Crippen LogP contribution in [0.3, 0.4) is 0 Å². The summed E-state index contributed by atoms with van der Waals surface area (Å²) in [5.74, 6) is -5.02. The zero-order valence-electron chi connectivity index (χ0n) is 22.7. The van der Waals surface area contributed by atoms with Gasteiger partial charge in [-0.3, -0.25) is 19.1 Å². The molecule has 0 radical (unpaired) electrons. The van der Waals surface area contributed by atoms with E-state index in [4.69, 9.17) is 20.4 Å². The molecule has 2 aromatic carbocycles. The molecule has 0 bridgehead atoms. The molecule has 4 N–H and O–H groups in total. The lowest BCUT2D eigenvalue weighted by Crippen LogP contribution is -2.46. The molecule has 0 saturated carbocycles. The van der Waals surface area contributed by atoms with E-state index in [0.29, 0.717) is 0 Å². The van der Waals surface area contributed by atoms with Crippen molar-refractivity contribution in [3.63, 3.8) is 0 Å². The minimum absolute atomic E-state index is 0.0174. The Morgan fingerprint density at radius 3 is 1.95 bits per heavy atom. The average Bonchev–Trinajstić information content (AvgIpc) is 3.44. The molecule has 218 valence electrons. The lowest BCUT2D eigenvalue weighted by atomic mass is 9.96. The standard InChI is InChI=1S/C23H26N4O.C6H8O7/c1-25(21-12-14-26(15-13-21)16-19-8-4-2-5-9-19)23(28)27-17-22(24-18-27)20-10-6-3-7-11-20;7-3(8)1-6(13,5(11)12)2-4(9)10/h2-11,17-18,21H,12-16H2,1H3;13H,1-2H2,(H,7,8)(H,9,10)(H,11,12). The predicted molar refractivity (Wildman–Crippen MR) is 148 cm³/mol. The van der Waals surface area contributed by atoms with Crippen LogP contribution >= 0.6 is 0 Å². The quantitative estimate of drug-likeness (QED) is 0.302. The summed E-state index contributed by atoms with van der Waals surface area (Å²) in [7, 11) is 1.90. The lowest BCUT2D eigenvalue weighted by Gasteiger charge is -2.36. The van der Waals surface area contributed by atoms with Gasteiger partial charge in [0.1, 0.15) is 6.33 Å². The van der Waals surface area contributed by atoms with Crippen LogP contribution in [0.25, 0.3) is 11.3 Å². The largest absolute Gasteiger partial charge is 0.481 e. The Kier molecular flexibility index (Phi) is 10.7. The Morgan fingerprint density at radius 1 is 0.902 bits per heavy atom. The molecule has 0 unspecified atom stereocenters. The van der Waals surface area contributed by atoms with Crippen molar-refractivity contribution in [2.24, 2.45) is 0 Å². The molecule has 2 heterocycles. The topological polar surface area (TPSA) is 173 Å². The molecule has 1 aliphatic rings. The van der Waals surface area contributed by atoms with Crippen molar-refractivity contribution < 1.29 is 39.6 Å². The number of imidazole rings is 1. The number of likely N-dealkylation sites (tertiary alicyclic amines) is 1. The number of carbonyl (C=O) groups excluding carboxylic acids is 1. The number of nitrogens with zero attached hydrogens (tertiary/aromatic N) is 4. The maximum atomic E-state index is 12.9. The molecule has 1 aliphatic heterocycles. The first kappa shape index (κ1) is 31.0. The van der Waals surface area contributed by atoms with Crippen LogP contribution in [-0.4, -0.2) is 95.5 Å². The molecule has 4 rings (SSSR count). The number of hydrogen-bond acceptors (Lipinski definition) is 7. The van der Waals surface area contributed by atoms with Crippen LogP contribution in [-0.2, 0) is 20.9 Å². The molecule has 3 aromatic rings. The monoisotopic (exact) mass is 566 g/mol. The maximum Gasteiger partial charge on any atom is 0.336 e. The second-order valence-electron chi connectivity index (χ2n) is 9.90. The highest BCUT2D eigenvalue weighted by Crippen LogP contribution is 2.20. The maximum absolute atomic E-state index is 12.9. The number of aliphatic hydroxyl groups is 1. The van der Waals surface area contributed by atoms with Gasteiger partial charge in [-0.15, -0.1) is 0 Å². The summed E-state index contributed by atoms with van der Waals surface area (Å²) in [5.41, 5.74) is 0.445. The summed E-state index contributed by atoms with van der Waals surface area (Å²) < 4.78 is 1.60. The average molecular weight is 567 g/mol. The van der Waals surface area contributed by atoms with E-state index in [2.05, 4.69) is 40.2 Å². The van der Waals surface area contributed by atoms with E-state index in [-0.39, 0.29) is 12.1 Å². The second-order valence-corrected chi connectivity index (χ2v) is 9.90. The molecule has 1 aromatic heterocycles. The molecule has 1 saturated heterocycles. The van der Waals surface area contributed by atoms with Gasteiger partial charge in [0.25, 0.3) is 0 Å². The van der Waals surface area contributed by atoms with Crippen LogP contribution < -0.4 is 0 Å². The molecular weight excluding hydrogens is 532 g/mol. The van der Waals surface area contributed by atoms with Crippen LogP contribution in [0.1, 0.15) is 31.2 Å². The van der Waals surface area contributed by atoms with Crippen LogP contribution in [0, 0.1) is 0 Å². The van der Waals surface area contributed by atoms with Gasteiger partial charge < -0.3 is 25.3 Å². The third kappa shape index (κ3) is 8.98. The zero-order valence-corrected chi connectivity index (χ0v) is 22.7. The number of rotatable bonds is 9. The van der Waals surface area contributed by atoms with Gasteiger partial charge >= 0.3 is 23.9 Å². The summed E-state index contributed by atoms with van der Waals surface area (Å²) in [5, 5.41) is 33.8. The summed E-state index contributed by atoms with van der Waals surface area (Å²) in [6, 6.07) is 20.8. The normalized spacial score (nSPS) is 14.0. The number of aromatic nitrogens is 2. The molecule has 41 heavy (non-hydrogen) atoms. The minimum atomic E-state index is -2.74. The van der Waals surface area contributed by atoms with E-state index < -0.39 is 36.4 Å². The Bertz CT molecular complexity index is 1300. The van der Waals surface area contributed by atoms with E-state index in [1.165, 1.54) is 5.56 Å². The SMILES string of the molecule is CN(C(=O)n1cnc(-c2ccccc2)c1)C1CCN(Cc2ccccc2)CC1.O=C(O)CC(O)(CC(=O)O)C(=O)O. The fourth-order valence-corrected chi connectivity index (χ4v) is 4.54. The van der Waals surface area contributed by atoms with E-state index in [1.54, 1.807) is 10.9 Å². The Balaban J connectivity index is 0.000000302. The second kappa shape index (κ2) is 14.2. The number of amides is 1. The van der Waals surface area contributed by atoms with Gasteiger partial charge in [-0.1, -0.05) is 60.7 Å². The van der Waals surface area contributed by atoms with E-state index >= 15 is 0 Å². The minimum Gasteiger partial charge on any atom is -0.481 e. The van der Waals surface area contributed by atoms with Crippen molar-refractivity contribution >= 4 is 23.9 Å². The molecule has 12 nitrogen and oxygen atoms in total. The van der Waals surface area contributed by atoms with Gasteiger partial charge in [-0.25, -0.2) is 14.6 Å². The van der Waals surface area contributed by atoms with E-state index in [1.807, 2.05) is 48.5 Å². The fraction of sp³-hybridized carbons (Fsp3) is 0.345. The van der Waals surface area contributed by atoms with Crippen LogP contribution in [0.5, 0.6) is 0 Å². The third-order valence-corrected chi connectivity index (χ3v) is 6.81. The molecular formula is C29H34N4O8. The Labute approximate surface area is 237 Å². The van der Waals surface area contributed by atoms with Gasteiger partial charge in [-0.2, -0.15) is 0 Å². The third-order valence-electron chi connectivity index (χ3n) is 6.81. The molecule has 0 spiro atoms. The van der Waals surface area contributed by atoms with Crippen molar-refractivity contribution in [1.82, 2.24) is 19.4 Å². The molecule has 0 aliphatic carbocycles. The molecule has 1 fully saturated rings. The fourth-order valence-electron chi connectivity index (χ4n) is 4.54. The first-order valence-corrected chi connectivity index (χ1v) is 13.0. The molecule has 1 amide bonds. The summed E-state index contributed by atoms with van der Waals surface area (Å²) >= 11 is 0. The zero-order chi connectivity index (χ0) is 30.0. The van der Waals surface area contributed by atoms with Crippen molar-refractivity contribution in [2.75, 3.05) is 20.1 Å². The van der Waals surface area contributed by atoms with Crippen molar-refractivity contribution in [3.8, 4) is 11.3 Å². The van der Waals surface area contributed by atoms with Gasteiger partial charge in [-0.05, 0) is 18.4 Å². The highest BCUT2D eigenvalue weighted by molar-refractivity contribution is 5.88. The van der Waals surface area contributed by atoms with Gasteiger partial charge in [0.2, 0.25) is 0 Å². The smallest absolute Gasteiger partial charge is 0.336 e. The van der Waals surface area contributed by atoms with Crippen LogP contribution in [0.15, 0.2) is 73.2 Å². The highest BCUT2D eigenvalue weighted by Gasteiger charge is 2.40. The van der Waals surface area contributed by atoms with E-state index in [0.717, 1.165) is 43.7 Å². The van der Waals surface area contributed by atoms with Gasteiger partial charge in [0, 0.05) is 44.5 Å². The number of piperidine rings is 1. The number of carboxylic acids is 3. The number of aliphatic carboxylic acids is 3. The number of benzene rings is 2. The Morgan fingerprint density at radius 2 is 1.44 bits per heavy atom. The number of hydrogen-bond donors (Lipinski definition) is 4. The first-order valence-electron chi connectivity index (χ1n) is 13.0. The molecule has 12 heteroatoms. The predicted octanol–water partition coefficient (Wildman–Crippen LogP) is 2.87. The lowest BCUT2D eigenvalue weighted by molar-refractivity contribution is -0.170. The van der Waals surface area contributed by atoms with Crippen LogP contribution in [0.4, 0.5) is 4.79 Å². The van der Waals surface area contributed by atoms with Crippen molar-refractivity contribution in [1.29, 1.82) is 0 Å². The Hall–Kier alpha value is -4.55. The number of carbonyl (C=O) groups is 4. The van der Waals surface area contributed by atoms with Crippen LogP contribution in [0.2, 0.25) is 0 Å².